The van der Waals surface area contributed by atoms with E-state index in [1.807, 2.05) is 26.2 Å². The van der Waals surface area contributed by atoms with Gasteiger partial charge in [-0.25, -0.2) is 0 Å². The Bertz CT molecular complexity index is 369. The van der Waals surface area contributed by atoms with Crippen molar-refractivity contribution in [2.45, 2.75) is 19.6 Å². The van der Waals surface area contributed by atoms with Crippen LogP contribution < -0.4 is 0 Å². The molecule has 0 aromatic heterocycles. The van der Waals surface area contributed by atoms with Crippen molar-refractivity contribution in [1.82, 2.24) is 9.80 Å². The fraction of sp³-hybridized carbons (Fsp3) is 0.600. The smallest absolute Gasteiger partial charge is 0.0897 e. The lowest BCUT2D eigenvalue weighted by Gasteiger charge is -2.26. The molecule has 0 saturated heterocycles. The zero-order valence-electron chi connectivity index (χ0n) is 12.2. The summed E-state index contributed by atoms with van der Waals surface area (Å²) in [4.78, 5) is 4.30. The van der Waals surface area contributed by atoms with Crippen LogP contribution >= 0.6 is 0 Å². The van der Waals surface area contributed by atoms with Crippen LogP contribution in [0.2, 0.25) is 0 Å². The van der Waals surface area contributed by atoms with Crippen LogP contribution in [0.15, 0.2) is 24.3 Å². The van der Waals surface area contributed by atoms with E-state index in [4.69, 9.17) is 5.11 Å². The van der Waals surface area contributed by atoms with E-state index in [1.165, 1.54) is 11.1 Å². The normalized spacial score (nSPS) is 13.2. The first-order valence-corrected chi connectivity index (χ1v) is 6.73. The van der Waals surface area contributed by atoms with Gasteiger partial charge in [0.15, 0.2) is 0 Å². The lowest BCUT2D eigenvalue weighted by atomic mass is 10.1. The van der Waals surface area contributed by atoms with Crippen LogP contribution in [-0.2, 0) is 6.54 Å². The molecule has 1 aromatic carbocycles. The molecule has 0 amide bonds. The SMILES string of the molecule is Cc1ccccc1CN(CCN(C)C)C[C@@H](O)CO. The standard InChI is InChI=1S/C15H26N2O2/c1-13-6-4-5-7-14(13)10-17(9-8-16(2)3)11-15(19)12-18/h4-7,15,18-19H,8-12H2,1-3H3/t15-/m1/s1. The summed E-state index contributed by atoms with van der Waals surface area (Å²) < 4.78 is 0. The fourth-order valence-electron chi connectivity index (χ4n) is 1.96. The van der Waals surface area contributed by atoms with Gasteiger partial charge in [-0.3, -0.25) is 4.90 Å². The summed E-state index contributed by atoms with van der Waals surface area (Å²) in [6.45, 7) is 5.02. The second kappa shape index (κ2) is 8.27. The van der Waals surface area contributed by atoms with Gasteiger partial charge in [-0.1, -0.05) is 24.3 Å². The van der Waals surface area contributed by atoms with E-state index in [1.54, 1.807) is 0 Å². The highest BCUT2D eigenvalue weighted by atomic mass is 16.3. The van der Waals surface area contributed by atoms with E-state index in [0.29, 0.717) is 6.54 Å². The number of rotatable bonds is 8. The van der Waals surface area contributed by atoms with Crippen LogP contribution in [0.4, 0.5) is 0 Å². The minimum atomic E-state index is -0.675. The van der Waals surface area contributed by atoms with Gasteiger partial charge >= 0.3 is 0 Å². The summed E-state index contributed by atoms with van der Waals surface area (Å²) in [5, 5.41) is 18.6. The van der Waals surface area contributed by atoms with Gasteiger partial charge in [0.05, 0.1) is 12.7 Å². The first kappa shape index (κ1) is 16.1. The highest BCUT2D eigenvalue weighted by Gasteiger charge is 2.12. The number of aliphatic hydroxyl groups is 2. The Morgan fingerprint density at radius 3 is 2.42 bits per heavy atom. The summed E-state index contributed by atoms with van der Waals surface area (Å²) >= 11 is 0. The van der Waals surface area contributed by atoms with Crippen LogP contribution in [0, 0.1) is 6.92 Å². The number of nitrogens with zero attached hydrogens (tertiary/aromatic N) is 2. The average Bonchev–Trinajstić information content (AvgIpc) is 2.38. The minimum Gasteiger partial charge on any atom is -0.394 e. The molecule has 0 unspecified atom stereocenters. The molecule has 1 rings (SSSR count). The lowest BCUT2D eigenvalue weighted by Crippen LogP contribution is -2.38. The Balaban J connectivity index is 2.64. The van der Waals surface area contributed by atoms with Crippen molar-refractivity contribution in [3.05, 3.63) is 35.4 Å². The third-order valence-corrected chi connectivity index (χ3v) is 3.20. The molecule has 0 fully saturated rings. The van der Waals surface area contributed by atoms with Crippen molar-refractivity contribution >= 4 is 0 Å². The average molecular weight is 266 g/mol. The van der Waals surface area contributed by atoms with Gasteiger partial charge in [0.1, 0.15) is 0 Å². The fourth-order valence-corrected chi connectivity index (χ4v) is 1.96. The number of aryl methyl sites for hydroxylation is 1. The molecule has 0 heterocycles. The third kappa shape index (κ3) is 6.16. The molecule has 0 aliphatic heterocycles. The van der Waals surface area contributed by atoms with Gasteiger partial charge in [0, 0.05) is 26.2 Å². The highest BCUT2D eigenvalue weighted by Crippen LogP contribution is 2.10. The molecular formula is C15H26N2O2. The second-order valence-corrected chi connectivity index (χ2v) is 5.30. The maximum atomic E-state index is 9.64. The maximum absolute atomic E-state index is 9.64. The van der Waals surface area contributed by atoms with Crippen molar-refractivity contribution < 1.29 is 10.2 Å². The molecule has 0 saturated carbocycles. The molecule has 0 aliphatic carbocycles. The summed E-state index contributed by atoms with van der Waals surface area (Å²) in [6, 6.07) is 8.28. The number of hydrogen-bond donors (Lipinski definition) is 2. The third-order valence-electron chi connectivity index (χ3n) is 3.20. The predicted octanol–water partition coefficient (Wildman–Crippen LogP) is 0.712. The van der Waals surface area contributed by atoms with E-state index < -0.39 is 6.10 Å². The van der Waals surface area contributed by atoms with Gasteiger partial charge in [0.25, 0.3) is 0 Å². The number of hydrogen-bond acceptors (Lipinski definition) is 4. The molecule has 4 nitrogen and oxygen atoms in total. The van der Waals surface area contributed by atoms with Gasteiger partial charge < -0.3 is 15.1 Å². The Morgan fingerprint density at radius 1 is 1.16 bits per heavy atom. The molecule has 108 valence electrons. The monoisotopic (exact) mass is 266 g/mol. The first-order valence-electron chi connectivity index (χ1n) is 6.73. The molecule has 0 radical (unpaired) electrons. The second-order valence-electron chi connectivity index (χ2n) is 5.30. The number of benzene rings is 1. The van der Waals surface area contributed by atoms with Crippen LogP contribution in [-0.4, -0.2) is 66.5 Å². The van der Waals surface area contributed by atoms with Crippen LogP contribution in [0.3, 0.4) is 0 Å². The summed E-state index contributed by atoms with van der Waals surface area (Å²) in [6.07, 6.45) is -0.675. The Morgan fingerprint density at radius 2 is 1.84 bits per heavy atom. The number of likely N-dealkylation sites (N-methyl/N-ethyl adjacent to an activating group) is 1. The van der Waals surface area contributed by atoms with Crippen LogP contribution in [0.5, 0.6) is 0 Å². The van der Waals surface area contributed by atoms with Crippen molar-refractivity contribution in [1.29, 1.82) is 0 Å². The van der Waals surface area contributed by atoms with E-state index in [2.05, 4.69) is 28.9 Å². The van der Waals surface area contributed by atoms with E-state index >= 15 is 0 Å². The molecule has 0 bridgehead atoms. The summed E-state index contributed by atoms with van der Waals surface area (Å²) in [7, 11) is 4.07. The summed E-state index contributed by atoms with van der Waals surface area (Å²) in [5.41, 5.74) is 2.53. The maximum Gasteiger partial charge on any atom is 0.0897 e. The zero-order chi connectivity index (χ0) is 14.3. The lowest BCUT2D eigenvalue weighted by molar-refractivity contribution is 0.0547. The largest absolute Gasteiger partial charge is 0.394 e. The topological polar surface area (TPSA) is 46.9 Å². The quantitative estimate of drug-likeness (QED) is 0.727. The predicted molar refractivity (Wildman–Crippen MR) is 78.1 cm³/mol. The van der Waals surface area contributed by atoms with Gasteiger partial charge in [-0.2, -0.15) is 0 Å². The van der Waals surface area contributed by atoms with Crippen molar-refractivity contribution in [2.75, 3.05) is 40.3 Å². The minimum absolute atomic E-state index is 0.188. The molecule has 2 N–H and O–H groups in total. The van der Waals surface area contributed by atoms with E-state index in [9.17, 15) is 5.11 Å². The van der Waals surface area contributed by atoms with Gasteiger partial charge in [-0.15, -0.1) is 0 Å². The Labute approximate surface area is 116 Å². The Kier molecular flexibility index (Phi) is 7.02. The zero-order valence-corrected chi connectivity index (χ0v) is 12.2. The number of aliphatic hydroxyl groups excluding tert-OH is 2. The molecule has 19 heavy (non-hydrogen) atoms. The van der Waals surface area contributed by atoms with Crippen molar-refractivity contribution in [2.24, 2.45) is 0 Å². The molecule has 1 aromatic rings. The molecule has 4 heteroatoms. The van der Waals surface area contributed by atoms with Crippen molar-refractivity contribution in [3.63, 3.8) is 0 Å². The molecule has 1 atom stereocenters. The van der Waals surface area contributed by atoms with Crippen molar-refractivity contribution in [3.8, 4) is 0 Å². The van der Waals surface area contributed by atoms with Crippen LogP contribution in [0.25, 0.3) is 0 Å². The first-order chi connectivity index (χ1) is 9.02. The van der Waals surface area contributed by atoms with Crippen LogP contribution in [0.1, 0.15) is 11.1 Å². The molecule has 0 spiro atoms. The molecule has 0 aliphatic rings. The van der Waals surface area contributed by atoms with Gasteiger partial charge in [0.2, 0.25) is 0 Å². The van der Waals surface area contributed by atoms with E-state index in [-0.39, 0.29) is 6.61 Å². The van der Waals surface area contributed by atoms with E-state index in [0.717, 1.165) is 19.6 Å². The summed E-state index contributed by atoms with van der Waals surface area (Å²) in [5.74, 6) is 0. The highest BCUT2D eigenvalue weighted by molar-refractivity contribution is 5.25. The molecular weight excluding hydrogens is 240 g/mol. The van der Waals surface area contributed by atoms with Gasteiger partial charge in [-0.05, 0) is 32.1 Å². The Hall–Kier alpha value is -0.940.